The number of nitrogens with one attached hydrogen (secondary N) is 1. The lowest BCUT2D eigenvalue weighted by Crippen LogP contribution is -2.29. The van der Waals surface area contributed by atoms with Crippen molar-refractivity contribution < 1.29 is 9.47 Å². The number of fused-ring (bicyclic) bond motifs is 4. The average molecular weight is 446 g/mol. The highest BCUT2D eigenvalue weighted by Gasteiger charge is 2.33. The Hall–Kier alpha value is -4.38. The van der Waals surface area contributed by atoms with E-state index in [4.69, 9.17) is 9.47 Å². The van der Waals surface area contributed by atoms with Gasteiger partial charge < -0.3 is 9.47 Å². The summed E-state index contributed by atoms with van der Waals surface area (Å²) in [5.74, 6) is 1.76. The molecule has 1 atom stereocenters. The van der Waals surface area contributed by atoms with Gasteiger partial charge in [0.05, 0.1) is 12.7 Å². The molecule has 0 saturated heterocycles. The molecule has 34 heavy (non-hydrogen) atoms. The van der Waals surface area contributed by atoms with Gasteiger partial charge in [0.15, 0.2) is 0 Å². The number of methoxy groups -OCH3 is 1. The van der Waals surface area contributed by atoms with Crippen LogP contribution >= 0.6 is 0 Å². The molecule has 5 nitrogen and oxygen atoms in total. The highest BCUT2D eigenvalue weighted by atomic mass is 16.5. The van der Waals surface area contributed by atoms with Gasteiger partial charge in [-0.1, -0.05) is 60.2 Å². The van der Waals surface area contributed by atoms with Gasteiger partial charge in [0.1, 0.15) is 23.3 Å². The third-order valence-corrected chi connectivity index (χ3v) is 6.47. The van der Waals surface area contributed by atoms with Crippen LogP contribution in [0, 0.1) is 12.3 Å². The van der Waals surface area contributed by atoms with Crippen LogP contribution in [0.25, 0.3) is 16.5 Å². The lowest BCUT2D eigenvalue weighted by molar-refractivity contribution is 0.412. The Morgan fingerprint density at radius 3 is 2.56 bits per heavy atom. The Morgan fingerprint density at radius 2 is 1.74 bits per heavy atom. The van der Waals surface area contributed by atoms with Crippen LogP contribution in [-0.4, -0.2) is 16.7 Å². The van der Waals surface area contributed by atoms with Gasteiger partial charge in [-0.05, 0) is 53.6 Å². The predicted octanol–water partition coefficient (Wildman–Crippen LogP) is 6.11. The van der Waals surface area contributed by atoms with Gasteiger partial charge in [-0.2, -0.15) is 0 Å². The third kappa shape index (κ3) is 3.17. The number of ether oxygens (including phenoxy) is 2. The molecule has 1 aliphatic rings. The molecular weight excluding hydrogens is 422 g/mol. The van der Waals surface area contributed by atoms with Crippen molar-refractivity contribution in [2.45, 2.75) is 12.8 Å². The summed E-state index contributed by atoms with van der Waals surface area (Å²) in [5, 5.41) is 11.5. The van der Waals surface area contributed by atoms with Crippen LogP contribution in [0.4, 0.5) is 0 Å². The maximum atomic E-state index is 9.26. The summed E-state index contributed by atoms with van der Waals surface area (Å²) in [4.78, 5) is 4.67. The first kappa shape index (κ1) is 20.2. The summed E-state index contributed by atoms with van der Waals surface area (Å²) in [5.41, 5.74) is 5.20. The van der Waals surface area contributed by atoms with Gasteiger partial charge in [-0.15, -0.1) is 0 Å². The highest BCUT2D eigenvalue weighted by molar-refractivity contribution is 5.90. The molecule has 1 unspecified atom stereocenters. The van der Waals surface area contributed by atoms with Crippen LogP contribution in [0.5, 0.6) is 17.4 Å². The van der Waals surface area contributed by atoms with Crippen LogP contribution in [0.15, 0.2) is 91.3 Å². The van der Waals surface area contributed by atoms with Gasteiger partial charge >= 0.3 is 0 Å². The van der Waals surface area contributed by atoms with Gasteiger partial charge in [0, 0.05) is 17.2 Å². The Labute approximate surface area is 197 Å². The van der Waals surface area contributed by atoms with Crippen LogP contribution in [0.2, 0.25) is 0 Å². The minimum atomic E-state index is -0.238. The predicted molar refractivity (Wildman–Crippen MR) is 132 cm³/mol. The molecule has 1 aliphatic heterocycles. The van der Waals surface area contributed by atoms with Crippen molar-refractivity contribution >= 4 is 10.8 Å². The van der Waals surface area contributed by atoms with E-state index in [-0.39, 0.29) is 5.92 Å². The maximum Gasteiger partial charge on any atom is 0.228 e. The highest BCUT2D eigenvalue weighted by Crippen LogP contribution is 2.48. The van der Waals surface area contributed by atoms with E-state index in [1.54, 1.807) is 13.4 Å². The molecule has 2 heterocycles. The Morgan fingerprint density at radius 1 is 0.912 bits per heavy atom. The SMILES string of the molecule is COc1cccc(C2c3c(ncn(-c4ccc(C)cc4)c3=N)Oc3ccc4ccccc4c32)c1. The van der Waals surface area contributed by atoms with Crippen LogP contribution in [-0.2, 0) is 0 Å². The van der Waals surface area contributed by atoms with Crippen molar-refractivity contribution in [1.82, 2.24) is 9.55 Å². The lowest BCUT2D eigenvalue weighted by Gasteiger charge is -2.30. The number of nitrogens with zero attached hydrogens (tertiary/aromatic N) is 2. The van der Waals surface area contributed by atoms with Gasteiger partial charge in [-0.25, -0.2) is 4.98 Å². The first-order valence-electron chi connectivity index (χ1n) is 11.2. The first-order valence-corrected chi connectivity index (χ1v) is 11.2. The minimum Gasteiger partial charge on any atom is -0.497 e. The summed E-state index contributed by atoms with van der Waals surface area (Å²) < 4.78 is 13.7. The largest absolute Gasteiger partial charge is 0.497 e. The van der Waals surface area contributed by atoms with E-state index in [1.165, 1.54) is 5.56 Å². The second-order valence-corrected chi connectivity index (χ2v) is 8.53. The monoisotopic (exact) mass is 445 g/mol. The van der Waals surface area contributed by atoms with E-state index in [0.717, 1.165) is 44.6 Å². The smallest absolute Gasteiger partial charge is 0.228 e. The molecular formula is C29H23N3O2. The van der Waals surface area contributed by atoms with Crippen molar-refractivity contribution in [3.05, 3.63) is 119 Å². The quantitative estimate of drug-likeness (QED) is 0.358. The van der Waals surface area contributed by atoms with Crippen LogP contribution < -0.4 is 15.0 Å². The maximum absolute atomic E-state index is 9.26. The summed E-state index contributed by atoms with van der Waals surface area (Å²) >= 11 is 0. The lowest BCUT2D eigenvalue weighted by atomic mass is 9.81. The van der Waals surface area contributed by atoms with Crippen molar-refractivity contribution in [3.63, 3.8) is 0 Å². The summed E-state index contributed by atoms with van der Waals surface area (Å²) in [6, 6.07) is 28.5. The second-order valence-electron chi connectivity index (χ2n) is 8.53. The number of benzene rings is 4. The molecule has 0 amide bonds. The van der Waals surface area contributed by atoms with Crippen LogP contribution in [0.1, 0.15) is 28.2 Å². The van der Waals surface area contributed by atoms with E-state index in [9.17, 15) is 5.41 Å². The molecule has 1 aromatic heterocycles. The van der Waals surface area contributed by atoms with Gasteiger partial charge in [-0.3, -0.25) is 9.98 Å². The molecule has 6 rings (SSSR count). The molecule has 5 heteroatoms. The zero-order chi connectivity index (χ0) is 23.2. The van der Waals surface area contributed by atoms with E-state index in [2.05, 4.69) is 36.2 Å². The zero-order valence-electron chi connectivity index (χ0n) is 18.9. The van der Waals surface area contributed by atoms with E-state index in [1.807, 2.05) is 65.2 Å². The fourth-order valence-electron chi connectivity index (χ4n) is 4.78. The Balaban J connectivity index is 1.67. The van der Waals surface area contributed by atoms with Gasteiger partial charge in [0.2, 0.25) is 5.88 Å². The molecule has 0 spiro atoms. The Kier molecular flexibility index (Phi) is 4.69. The van der Waals surface area contributed by atoms with Crippen LogP contribution in [0.3, 0.4) is 0 Å². The summed E-state index contributed by atoms with van der Waals surface area (Å²) in [6.45, 7) is 2.05. The molecule has 0 saturated carbocycles. The van der Waals surface area contributed by atoms with Crippen molar-refractivity contribution in [3.8, 4) is 23.1 Å². The van der Waals surface area contributed by atoms with Crippen molar-refractivity contribution in [1.29, 1.82) is 5.41 Å². The zero-order valence-corrected chi connectivity index (χ0v) is 18.9. The van der Waals surface area contributed by atoms with E-state index < -0.39 is 0 Å². The molecule has 0 bridgehead atoms. The summed E-state index contributed by atoms with van der Waals surface area (Å²) in [7, 11) is 1.67. The number of rotatable bonds is 3. The third-order valence-electron chi connectivity index (χ3n) is 6.47. The number of hydrogen-bond donors (Lipinski definition) is 1. The molecule has 0 fully saturated rings. The number of hydrogen-bond acceptors (Lipinski definition) is 4. The molecule has 5 aromatic rings. The van der Waals surface area contributed by atoms with E-state index >= 15 is 0 Å². The fraction of sp³-hybridized carbons (Fsp3) is 0.103. The number of aryl methyl sites for hydroxylation is 1. The number of aromatic nitrogens is 2. The molecule has 1 N–H and O–H groups in total. The normalized spacial score (nSPS) is 14.2. The average Bonchev–Trinajstić information content (AvgIpc) is 2.88. The van der Waals surface area contributed by atoms with E-state index in [0.29, 0.717) is 11.4 Å². The minimum absolute atomic E-state index is 0.238. The standard InChI is InChI=1S/C29H23N3O2/c1-18-10-13-21(14-11-18)32-17-31-29-27(28(32)30)25(20-7-5-8-22(16-20)33-2)26-23-9-4-3-6-19(23)12-15-24(26)34-29/h3-17,25,30H,1-2H3. The van der Waals surface area contributed by atoms with Crippen molar-refractivity contribution in [2.75, 3.05) is 7.11 Å². The van der Waals surface area contributed by atoms with Gasteiger partial charge in [0.25, 0.3) is 0 Å². The first-order chi connectivity index (χ1) is 16.6. The second kappa shape index (κ2) is 7.89. The molecule has 4 aromatic carbocycles. The molecule has 0 aliphatic carbocycles. The summed E-state index contributed by atoms with van der Waals surface area (Å²) in [6.07, 6.45) is 1.67. The molecule has 166 valence electrons. The topological polar surface area (TPSA) is 60.1 Å². The van der Waals surface area contributed by atoms with Crippen molar-refractivity contribution in [2.24, 2.45) is 0 Å². The Bertz CT molecular complexity index is 1600. The molecule has 0 radical (unpaired) electrons. The fourth-order valence-corrected chi connectivity index (χ4v) is 4.78.